The number of benzene rings is 1. The Morgan fingerprint density at radius 2 is 1.75 bits per heavy atom. The van der Waals surface area contributed by atoms with E-state index in [4.69, 9.17) is 0 Å². The van der Waals surface area contributed by atoms with Crippen LogP contribution < -0.4 is 4.90 Å². The lowest BCUT2D eigenvalue weighted by Crippen LogP contribution is -2.15. The van der Waals surface area contributed by atoms with Gasteiger partial charge in [0.1, 0.15) is 0 Å². The summed E-state index contributed by atoms with van der Waals surface area (Å²) in [7, 11) is 4.06. The first-order valence-corrected chi connectivity index (χ1v) is 6.01. The zero-order chi connectivity index (χ0) is 12.1. The van der Waals surface area contributed by atoms with E-state index in [1.165, 1.54) is 11.3 Å². The van der Waals surface area contributed by atoms with Crippen molar-refractivity contribution in [1.29, 1.82) is 0 Å². The van der Waals surface area contributed by atoms with E-state index in [0.717, 1.165) is 12.8 Å². The summed E-state index contributed by atoms with van der Waals surface area (Å²) in [6.07, 6.45) is 1.67. The second-order valence-corrected chi connectivity index (χ2v) is 4.63. The first-order valence-electron chi connectivity index (χ1n) is 6.01. The van der Waals surface area contributed by atoms with Crippen molar-refractivity contribution >= 4 is 5.69 Å². The minimum Gasteiger partial charge on any atom is -0.393 e. The van der Waals surface area contributed by atoms with E-state index < -0.39 is 0 Å². The molecule has 0 radical (unpaired) electrons. The third kappa shape index (κ3) is 3.24. The monoisotopic (exact) mass is 221 g/mol. The summed E-state index contributed by atoms with van der Waals surface area (Å²) < 4.78 is 0. The van der Waals surface area contributed by atoms with E-state index in [-0.39, 0.29) is 12.0 Å². The Balaban J connectivity index is 2.73. The molecule has 1 N–H and O–H groups in total. The summed E-state index contributed by atoms with van der Waals surface area (Å²) >= 11 is 0. The molecule has 1 aromatic carbocycles. The summed E-state index contributed by atoms with van der Waals surface area (Å²) in [5.74, 6) is 0.219. The van der Waals surface area contributed by atoms with Gasteiger partial charge in [-0.3, -0.25) is 0 Å². The van der Waals surface area contributed by atoms with E-state index in [1.807, 2.05) is 14.1 Å². The zero-order valence-electron chi connectivity index (χ0n) is 10.8. The van der Waals surface area contributed by atoms with Gasteiger partial charge < -0.3 is 10.0 Å². The van der Waals surface area contributed by atoms with Gasteiger partial charge in [0.25, 0.3) is 0 Å². The van der Waals surface area contributed by atoms with E-state index in [2.05, 4.69) is 43.0 Å². The normalized spacial score (nSPS) is 14.6. The average Bonchev–Trinajstić information content (AvgIpc) is 2.28. The molecule has 0 aromatic heterocycles. The topological polar surface area (TPSA) is 23.5 Å². The Morgan fingerprint density at radius 3 is 2.19 bits per heavy atom. The average molecular weight is 221 g/mol. The van der Waals surface area contributed by atoms with E-state index in [9.17, 15) is 5.11 Å². The van der Waals surface area contributed by atoms with Crippen LogP contribution in [-0.4, -0.2) is 25.3 Å². The van der Waals surface area contributed by atoms with Gasteiger partial charge in [0.2, 0.25) is 0 Å². The molecule has 90 valence electrons. The van der Waals surface area contributed by atoms with Gasteiger partial charge >= 0.3 is 0 Å². The molecular weight excluding hydrogens is 198 g/mol. The molecule has 0 aliphatic heterocycles. The fourth-order valence-electron chi connectivity index (χ4n) is 1.84. The van der Waals surface area contributed by atoms with Crippen LogP contribution in [0.25, 0.3) is 0 Å². The van der Waals surface area contributed by atoms with Gasteiger partial charge in [0.05, 0.1) is 6.10 Å². The van der Waals surface area contributed by atoms with Gasteiger partial charge in [-0.15, -0.1) is 0 Å². The maximum absolute atomic E-state index is 9.94. The Bertz CT molecular complexity index is 305. The second kappa shape index (κ2) is 5.90. The molecule has 0 spiro atoms. The van der Waals surface area contributed by atoms with Crippen molar-refractivity contribution in [1.82, 2.24) is 0 Å². The van der Waals surface area contributed by atoms with Gasteiger partial charge in [-0.1, -0.05) is 32.4 Å². The number of aliphatic hydroxyl groups excluding tert-OH is 1. The van der Waals surface area contributed by atoms with Crippen LogP contribution in [0.5, 0.6) is 0 Å². The highest BCUT2D eigenvalue weighted by molar-refractivity contribution is 5.46. The number of rotatable bonds is 5. The maximum atomic E-state index is 9.94. The van der Waals surface area contributed by atoms with Crippen molar-refractivity contribution in [2.75, 3.05) is 19.0 Å². The lowest BCUT2D eigenvalue weighted by Gasteiger charge is -2.20. The molecular formula is C14H23NO. The molecule has 0 aliphatic rings. The second-order valence-electron chi connectivity index (χ2n) is 4.63. The third-order valence-corrected chi connectivity index (χ3v) is 3.10. The van der Waals surface area contributed by atoms with Crippen LogP contribution in [0.3, 0.4) is 0 Å². The van der Waals surface area contributed by atoms with Gasteiger partial charge in [0.15, 0.2) is 0 Å². The number of aliphatic hydroxyl groups is 1. The lowest BCUT2D eigenvalue weighted by molar-refractivity contribution is 0.139. The van der Waals surface area contributed by atoms with Crippen molar-refractivity contribution in [2.24, 2.45) is 0 Å². The molecule has 1 rings (SSSR count). The van der Waals surface area contributed by atoms with Crippen molar-refractivity contribution < 1.29 is 5.11 Å². The number of nitrogens with zero attached hydrogens (tertiary/aromatic N) is 1. The molecule has 2 nitrogen and oxygen atoms in total. The fourth-order valence-corrected chi connectivity index (χ4v) is 1.84. The number of anilines is 1. The molecule has 2 unspecified atom stereocenters. The molecule has 0 saturated carbocycles. The molecule has 0 bridgehead atoms. The Morgan fingerprint density at radius 1 is 1.19 bits per heavy atom. The Hall–Kier alpha value is -1.02. The molecule has 16 heavy (non-hydrogen) atoms. The standard InChI is InChI=1S/C14H23NO/c1-5-6-14(16)11(2)12-7-9-13(10-8-12)15(3)4/h7-11,14,16H,5-6H2,1-4H3. The largest absolute Gasteiger partial charge is 0.393 e. The van der Waals surface area contributed by atoms with Crippen LogP contribution in [0.1, 0.15) is 38.2 Å². The summed E-state index contributed by atoms with van der Waals surface area (Å²) in [5, 5.41) is 9.94. The quantitative estimate of drug-likeness (QED) is 0.826. The summed E-state index contributed by atoms with van der Waals surface area (Å²) in [6.45, 7) is 4.19. The molecule has 0 fully saturated rings. The van der Waals surface area contributed by atoms with Crippen LogP contribution in [0.2, 0.25) is 0 Å². The molecule has 0 heterocycles. The van der Waals surface area contributed by atoms with Gasteiger partial charge in [0, 0.05) is 25.7 Å². The predicted molar refractivity (Wildman–Crippen MR) is 70.1 cm³/mol. The van der Waals surface area contributed by atoms with Crippen LogP contribution in [-0.2, 0) is 0 Å². The number of hydrogen-bond acceptors (Lipinski definition) is 2. The van der Waals surface area contributed by atoms with Crippen molar-refractivity contribution in [3.05, 3.63) is 29.8 Å². The zero-order valence-corrected chi connectivity index (χ0v) is 10.8. The van der Waals surface area contributed by atoms with Crippen LogP contribution in [0, 0.1) is 0 Å². The first-order chi connectivity index (χ1) is 7.56. The Kier molecular flexibility index (Phi) is 4.81. The van der Waals surface area contributed by atoms with Crippen LogP contribution in [0.4, 0.5) is 5.69 Å². The minimum absolute atomic E-state index is 0.219. The summed E-state index contributed by atoms with van der Waals surface area (Å²) in [6, 6.07) is 8.42. The van der Waals surface area contributed by atoms with Gasteiger partial charge in [-0.2, -0.15) is 0 Å². The van der Waals surface area contributed by atoms with E-state index in [0.29, 0.717) is 0 Å². The molecule has 2 heteroatoms. The highest BCUT2D eigenvalue weighted by Gasteiger charge is 2.15. The van der Waals surface area contributed by atoms with Crippen molar-refractivity contribution in [3.63, 3.8) is 0 Å². The lowest BCUT2D eigenvalue weighted by atomic mass is 9.92. The summed E-state index contributed by atoms with van der Waals surface area (Å²) in [4.78, 5) is 2.08. The molecule has 0 saturated heterocycles. The van der Waals surface area contributed by atoms with Crippen molar-refractivity contribution in [3.8, 4) is 0 Å². The van der Waals surface area contributed by atoms with Gasteiger partial charge in [-0.25, -0.2) is 0 Å². The molecule has 2 atom stereocenters. The smallest absolute Gasteiger partial charge is 0.0606 e. The SMILES string of the molecule is CCCC(O)C(C)c1ccc(N(C)C)cc1. The highest BCUT2D eigenvalue weighted by Crippen LogP contribution is 2.24. The van der Waals surface area contributed by atoms with Crippen molar-refractivity contribution in [2.45, 2.75) is 38.7 Å². The molecule has 1 aromatic rings. The highest BCUT2D eigenvalue weighted by atomic mass is 16.3. The number of hydrogen-bond donors (Lipinski definition) is 1. The first kappa shape index (κ1) is 13.0. The van der Waals surface area contributed by atoms with E-state index in [1.54, 1.807) is 0 Å². The molecule has 0 aliphatic carbocycles. The predicted octanol–water partition coefficient (Wildman–Crippen LogP) is 3.02. The van der Waals surface area contributed by atoms with Gasteiger partial charge in [-0.05, 0) is 24.1 Å². The van der Waals surface area contributed by atoms with E-state index >= 15 is 0 Å². The fraction of sp³-hybridized carbons (Fsp3) is 0.571. The van der Waals surface area contributed by atoms with Crippen LogP contribution in [0.15, 0.2) is 24.3 Å². The molecule has 0 amide bonds. The minimum atomic E-state index is -0.227. The third-order valence-electron chi connectivity index (χ3n) is 3.10. The Labute approximate surface area is 98.9 Å². The van der Waals surface area contributed by atoms with Crippen LogP contribution >= 0.6 is 0 Å². The summed E-state index contributed by atoms with van der Waals surface area (Å²) in [5.41, 5.74) is 2.41. The maximum Gasteiger partial charge on any atom is 0.0606 e.